The zero-order valence-corrected chi connectivity index (χ0v) is 8.71. The van der Waals surface area contributed by atoms with Crippen LogP contribution in [0.5, 0.6) is 0 Å². The van der Waals surface area contributed by atoms with E-state index in [9.17, 15) is 14.9 Å². The molecule has 1 rings (SSSR count). The van der Waals surface area contributed by atoms with Crippen molar-refractivity contribution in [3.05, 3.63) is 40.2 Å². The molecule has 16 heavy (non-hydrogen) atoms. The predicted molar refractivity (Wildman–Crippen MR) is 58.6 cm³/mol. The first kappa shape index (κ1) is 11.8. The Balaban J connectivity index is 2.73. The van der Waals surface area contributed by atoms with E-state index in [1.165, 1.54) is 31.3 Å². The number of hydrogen-bond acceptors (Lipinski definition) is 4. The third kappa shape index (κ3) is 3.49. The molecule has 0 atom stereocenters. The lowest BCUT2D eigenvalue weighted by Crippen LogP contribution is -2.19. The molecular weight excluding hydrogens is 210 g/mol. The topological polar surface area (TPSA) is 85.1 Å². The van der Waals surface area contributed by atoms with Crippen LogP contribution in [0, 0.1) is 10.1 Å². The fraction of sp³-hybridized carbons (Fsp3) is 0.200. The third-order valence-corrected chi connectivity index (χ3v) is 1.76. The lowest BCUT2D eigenvalue weighted by Gasteiger charge is -1.96. The van der Waals surface area contributed by atoms with Crippen molar-refractivity contribution in [3.63, 3.8) is 0 Å². The second kappa shape index (κ2) is 5.59. The summed E-state index contributed by atoms with van der Waals surface area (Å²) in [7, 11) is 0. The van der Waals surface area contributed by atoms with Crippen molar-refractivity contribution in [3.8, 4) is 0 Å². The molecule has 1 amide bonds. The van der Waals surface area contributed by atoms with Crippen molar-refractivity contribution >= 4 is 17.7 Å². The zero-order valence-electron chi connectivity index (χ0n) is 8.71. The van der Waals surface area contributed by atoms with Crippen molar-refractivity contribution in [1.82, 2.24) is 10.3 Å². The van der Waals surface area contributed by atoms with Gasteiger partial charge in [-0.05, 0) is 12.1 Å². The average Bonchev–Trinajstić information content (AvgIpc) is 2.24. The molecule has 1 N–H and O–H groups in total. The van der Waals surface area contributed by atoms with Crippen LogP contribution in [0.2, 0.25) is 0 Å². The second-order valence-electron chi connectivity index (χ2n) is 3.00. The van der Waals surface area contributed by atoms with Gasteiger partial charge in [0, 0.05) is 25.7 Å². The van der Waals surface area contributed by atoms with E-state index in [4.69, 9.17) is 0 Å². The van der Waals surface area contributed by atoms with Crippen molar-refractivity contribution < 1.29 is 9.72 Å². The zero-order chi connectivity index (χ0) is 12.0. The minimum Gasteiger partial charge on any atom is -0.353 e. The number of carbonyl (C=O) groups excluding carboxylic acids is 1. The van der Waals surface area contributed by atoms with E-state index in [0.717, 1.165) is 0 Å². The molecule has 0 aliphatic heterocycles. The van der Waals surface area contributed by atoms with E-state index in [2.05, 4.69) is 10.3 Å². The maximum absolute atomic E-state index is 10.6. The monoisotopic (exact) mass is 221 g/mol. The smallest absolute Gasteiger partial charge is 0.294 e. The van der Waals surface area contributed by atoms with E-state index in [1.807, 2.05) is 0 Å². The van der Waals surface area contributed by atoms with Gasteiger partial charge in [-0.2, -0.15) is 0 Å². The quantitative estimate of drug-likeness (QED) is 0.610. The number of rotatable bonds is 4. The highest BCUT2D eigenvalue weighted by Gasteiger charge is 2.10. The summed E-state index contributed by atoms with van der Waals surface area (Å²) in [6.07, 6.45) is 4.59. The maximum Gasteiger partial charge on any atom is 0.294 e. The Hall–Kier alpha value is -2.24. The number of nitrogens with zero attached hydrogens (tertiary/aromatic N) is 2. The van der Waals surface area contributed by atoms with Gasteiger partial charge >= 0.3 is 0 Å². The molecule has 84 valence electrons. The normalized spacial score (nSPS) is 10.3. The van der Waals surface area contributed by atoms with Crippen LogP contribution in [-0.2, 0) is 4.79 Å². The molecule has 6 nitrogen and oxygen atoms in total. The Morgan fingerprint density at radius 1 is 1.69 bits per heavy atom. The summed E-state index contributed by atoms with van der Waals surface area (Å²) >= 11 is 0. The Kier molecular flexibility index (Phi) is 4.14. The highest BCUT2D eigenvalue weighted by atomic mass is 16.6. The molecule has 0 fully saturated rings. The van der Waals surface area contributed by atoms with Crippen LogP contribution in [0.15, 0.2) is 24.4 Å². The number of aromatic nitrogens is 1. The number of carbonyl (C=O) groups is 1. The van der Waals surface area contributed by atoms with Gasteiger partial charge in [-0.3, -0.25) is 14.9 Å². The molecule has 0 aliphatic rings. The maximum atomic E-state index is 10.6. The molecular formula is C10H11N3O3. The highest BCUT2D eigenvalue weighted by Crippen LogP contribution is 2.15. The minimum atomic E-state index is -0.495. The molecule has 1 heterocycles. The highest BCUT2D eigenvalue weighted by molar-refractivity contribution is 5.73. The van der Waals surface area contributed by atoms with Crippen LogP contribution in [0.4, 0.5) is 5.69 Å². The minimum absolute atomic E-state index is 0.0541. The first-order valence-electron chi connectivity index (χ1n) is 4.61. The van der Waals surface area contributed by atoms with Gasteiger partial charge in [0.25, 0.3) is 5.69 Å². The number of nitrogens with one attached hydrogen (secondary N) is 1. The van der Waals surface area contributed by atoms with Gasteiger partial charge in [0.05, 0.1) is 4.92 Å². The van der Waals surface area contributed by atoms with Gasteiger partial charge in [0.1, 0.15) is 5.69 Å². The largest absolute Gasteiger partial charge is 0.353 e. The molecule has 0 unspecified atom stereocenters. The molecule has 0 saturated heterocycles. The van der Waals surface area contributed by atoms with E-state index >= 15 is 0 Å². The Labute approximate surface area is 92.2 Å². The van der Waals surface area contributed by atoms with Crippen LogP contribution in [0.3, 0.4) is 0 Å². The lowest BCUT2D eigenvalue weighted by molar-refractivity contribution is -0.385. The van der Waals surface area contributed by atoms with Crippen LogP contribution in [0.25, 0.3) is 6.08 Å². The van der Waals surface area contributed by atoms with E-state index in [1.54, 1.807) is 6.08 Å². The lowest BCUT2D eigenvalue weighted by atomic mass is 10.3. The average molecular weight is 221 g/mol. The molecule has 0 saturated carbocycles. The predicted octanol–water partition coefficient (Wildman–Crippen LogP) is 1.14. The summed E-state index contributed by atoms with van der Waals surface area (Å²) in [5.74, 6) is -0.153. The SMILES string of the molecule is CC(=O)NCC=Cc1ncccc1[N+](=O)[O-]. The van der Waals surface area contributed by atoms with E-state index in [0.29, 0.717) is 6.54 Å². The summed E-state index contributed by atoms with van der Waals surface area (Å²) in [6.45, 7) is 1.72. The van der Waals surface area contributed by atoms with Gasteiger partial charge in [0.15, 0.2) is 0 Å². The summed E-state index contributed by atoms with van der Waals surface area (Å²) in [6, 6.07) is 2.88. The van der Waals surface area contributed by atoms with E-state index in [-0.39, 0.29) is 17.3 Å². The van der Waals surface area contributed by atoms with E-state index < -0.39 is 4.92 Å². The summed E-state index contributed by atoms with van der Waals surface area (Å²) in [4.78, 5) is 24.6. The fourth-order valence-electron chi connectivity index (χ4n) is 1.07. The number of pyridine rings is 1. The van der Waals surface area contributed by atoms with Crippen molar-refractivity contribution in [1.29, 1.82) is 0 Å². The number of hydrogen-bond donors (Lipinski definition) is 1. The number of nitro groups is 1. The van der Waals surface area contributed by atoms with Gasteiger partial charge in [0.2, 0.25) is 5.91 Å². The standard InChI is InChI=1S/C10H11N3O3/c1-8(14)11-6-2-4-9-10(13(15)16)5-3-7-12-9/h2-5,7H,6H2,1H3,(H,11,14). The Morgan fingerprint density at radius 3 is 3.06 bits per heavy atom. The second-order valence-corrected chi connectivity index (χ2v) is 3.00. The molecule has 0 aliphatic carbocycles. The fourth-order valence-corrected chi connectivity index (χ4v) is 1.07. The van der Waals surface area contributed by atoms with Gasteiger partial charge in [-0.25, -0.2) is 4.98 Å². The summed E-state index contributed by atoms with van der Waals surface area (Å²) in [5, 5.41) is 13.2. The molecule has 1 aromatic heterocycles. The van der Waals surface area contributed by atoms with Gasteiger partial charge in [-0.15, -0.1) is 0 Å². The first-order valence-corrected chi connectivity index (χ1v) is 4.61. The number of amides is 1. The first-order chi connectivity index (χ1) is 7.61. The van der Waals surface area contributed by atoms with Crippen molar-refractivity contribution in [2.75, 3.05) is 6.54 Å². The van der Waals surface area contributed by atoms with Crippen LogP contribution in [-0.4, -0.2) is 22.4 Å². The summed E-state index contributed by atoms with van der Waals surface area (Å²) in [5.41, 5.74) is 0.222. The van der Waals surface area contributed by atoms with Crippen LogP contribution >= 0.6 is 0 Å². The molecule has 6 heteroatoms. The molecule has 1 aromatic rings. The van der Waals surface area contributed by atoms with Crippen LogP contribution < -0.4 is 5.32 Å². The van der Waals surface area contributed by atoms with Gasteiger partial charge in [-0.1, -0.05) is 6.08 Å². The molecule has 0 aromatic carbocycles. The molecule has 0 radical (unpaired) electrons. The molecule has 0 spiro atoms. The van der Waals surface area contributed by atoms with Crippen molar-refractivity contribution in [2.24, 2.45) is 0 Å². The Bertz CT molecular complexity index is 429. The van der Waals surface area contributed by atoms with Crippen LogP contribution in [0.1, 0.15) is 12.6 Å². The summed E-state index contributed by atoms with van der Waals surface area (Å²) < 4.78 is 0. The third-order valence-electron chi connectivity index (χ3n) is 1.76. The van der Waals surface area contributed by atoms with Gasteiger partial charge < -0.3 is 5.32 Å². The van der Waals surface area contributed by atoms with Crippen molar-refractivity contribution in [2.45, 2.75) is 6.92 Å². The Morgan fingerprint density at radius 2 is 2.44 bits per heavy atom. The molecule has 0 bridgehead atoms.